The Hall–Kier alpha value is -3.31. The number of carbonyl (C=O) groups is 2. The lowest BCUT2D eigenvalue weighted by Crippen LogP contribution is -2.34. The maximum atomic E-state index is 13.6. The average Bonchev–Trinajstić information content (AvgIpc) is 3.08. The van der Waals surface area contributed by atoms with Crippen molar-refractivity contribution < 1.29 is 9.59 Å². The molecule has 3 aromatic rings. The summed E-state index contributed by atoms with van der Waals surface area (Å²) in [6.07, 6.45) is 3.24. The zero-order chi connectivity index (χ0) is 22.5. The summed E-state index contributed by atoms with van der Waals surface area (Å²) >= 11 is 1.33. The quantitative estimate of drug-likeness (QED) is 0.399. The van der Waals surface area contributed by atoms with E-state index in [1.54, 1.807) is 4.90 Å². The van der Waals surface area contributed by atoms with Crippen molar-refractivity contribution in [3.8, 4) is 0 Å². The van der Waals surface area contributed by atoms with E-state index in [-0.39, 0.29) is 11.8 Å². The fourth-order valence-electron chi connectivity index (χ4n) is 3.70. The minimum atomic E-state index is -0.305. The average molecular weight is 443 g/mol. The minimum Gasteiger partial charge on any atom is -0.339 e. The molecule has 3 aromatic carbocycles. The number of thioether (sulfide) groups is 1. The van der Waals surface area contributed by atoms with Crippen molar-refractivity contribution in [3.63, 3.8) is 0 Å². The number of carbonyl (C=O) groups excluding carboxylic acids is 2. The zero-order valence-electron chi connectivity index (χ0n) is 18.3. The number of benzene rings is 3. The Kier molecular flexibility index (Phi) is 6.76. The van der Waals surface area contributed by atoms with Gasteiger partial charge in [-0.05, 0) is 54.8 Å². The highest BCUT2D eigenvalue weighted by atomic mass is 32.2. The summed E-state index contributed by atoms with van der Waals surface area (Å²) in [5, 5.41) is 0. The van der Waals surface area contributed by atoms with Crippen LogP contribution in [0, 0.1) is 0 Å². The number of imide groups is 1. The van der Waals surface area contributed by atoms with E-state index in [2.05, 4.69) is 6.92 Å². The maximum Gasteiger partial charge on any atom is 0.283 e. The van der Waals surface area contributed by atoms with E-state index in [1.807, 2.05) is 92.0 Å². The molecule has 0 spiro atoms. The van der Waals surface area contributed by atoms with Crippen LogP contribution in [-0.4, -0.2) is 18.9 Å². The van der Waals surface area contributed by atoms with Gasteiger partial charge in [0, 0.05) is 17.6 Å². The Balaban J connectivity index is 1.71. The van der Waals surface area contributed by atoms with E-state index in [0.717, 1.165) is 29.8 Å². The molecular formula is C27H26N2O2S. The smallest absolute Gasteiger partial charge is 0.283 e. The molecule has 4 rings (SSSR count). The van der Waals surface area contributed by atoms with E-state index in [1.165, 1.54) is 22.2 Å². The first-order valence-corrected chi connectivity index (χ1v) is 11.7. The molecule has 2 amide bonds. The first-order chi connectivity index (χ1) is 15.6. The van der Waals surface area contributed by atoms with Gasteiger partial charge in [0.2, 0.25) is 0 Å². The second kappa shape index (κ2) is 9.88. The third-order valence-electron chi connectivity index (χ3n) is 5.47. The SMILES string of the molecule is CCCCc1ccc(N2C(=O)C(Sc3ccccc3)=C(N(C)c3ccccc3)C2=O)cc1. The summed E-state index contributed by atoms with van der Waals surface area (Å²) in [5.74, 6) is -0.593. The Morgan fingerprint density at radius 2 is 1.44 bits per heavy atom. The molecule has 0 fully saturated rings. The van der Waals surface area contributed by atoms with Crippen LogP contribution < -0.4 is 9.80 Å². The number of hydrogen-bond acceptors (Lipinski definition) is 4. The lowest BCUT2D eigenvalue weighted by Gasteiger charge is -2.21. The van der Waals surface area contributed by atoms with Crippen LogP contribution in [-0.2, 0) is 16.0 Å². The summed E-state index contributed by atoms with van der Waals surface area (Å²) < 4.78 is 0. The van der Waals surface area contributed by atoms with Gasteiger partial charge in [-0.1, -0.05) is 73.6 Å². The van der Waals surface area contributed by atoms with Crippen molar-refractivity contribution in [1.82, 2.24) is 0 Å². The molecular weight excluding hydrogens is 416 g/mol. The van der Waals surface area contributed by atoms with Crippen LogP contribution in [0.5, 0.6) is 0 Å². The second-order valence-corrected chi connectivity index (χ2v) is 8.79. The van der Waals surface area contributed by atoms with Crippen LogP contribution in [0.25, 0.3) is 0 Å². The van der Waals surface area contributed by atoms with Crippen molar-refractivity contribution >= 4 is 35.0 Å². The molecule has 162 valence electrons. The van der Waals surface area contributed by atoms with Gasteiger partial charge in [-0.3, -0.25) is 9.59 Å². The van der Waals surface area contributed by atoms with Gasteiger partial charge in [-0.2, -0.15) is 0 Å². The summed E-state index contributed by atoms with van der Waals surface area (Å²) in [4.78, 5) is 31.6. The van der Waals surface area contributed by atoms with Crippen LogP contribution in [0.3, 0.4) is 0 Å². The normalized spacial score (nSPS) is 13.8. The Bertz CT molecular complexity index is 1130. The van der Waals surface area contributed by atoms with Crippen molar-refractivity contribution in [1.29, 1.82) is 0 Å². The predicted octanol–water partition coefficient (Wildman–Crippen LogP) is 6.04. The van der Waals surface area contributed by atoms with E-state index in [0.29, 0.717) is 16.3 Å². The van der Waals surface area contributed by atoms with Crippen LogP contribution in [0.1, 0.15) is 25.3 Å². The predicted molar refractivity (Wildman–Crippen MR) is 132 cm³/mol. The number of para-hydroxylation sites is 1. The van der Waals surface area contributed by atoms with Gasteiger partial charge in [0.1, 0.15) is 10.6 Å². The van der Waals surface area contributed by atoms with Crippen LogP contribution in [0.4, 0.5) is 11.4 Å². The molecule has 1 aliphatic rings. The van der Waals surface area contributed by atoms with Crippen molar-refractivity contribution in [2.45, 2.75) is 31.1 Å². The van der Waals surface area contributed by atoms with Gasteiger partial charge in [-0.15, -0.1) is 0 Å². The van der Waals surface area contributed by atoms with Crippen molar-refractivity contribution in [2.75, 3.05) is 16.8 Å². The first kappa shape index (κ1) is 21.9. The Morgan fingerprint density at radius 1 is 0.812 bits per heavy atom. The molecule has 0 bridgehead atoms. The third kappa shape index (κ3) is 4.48. The van der Waals surface area contributed by atoms with Gasteiger partial charge in [-0.25, -0.2) is 4.90 Å². The van der Waals surface area contributed by atoms with Crippen LogP contribution in [0.15, 0.2) is 100 Å². The number of rotatable bonds is 8. The molecule has 0 atom stereocenters. The Labute approximate surface area is 193 Å². The fraction of sp³-hybridized carbons (Fsp3) is 0.185. The standard InChI is InChI=1S/C27H26N2O2S/c1-3-4-11-20-16-18-22(19-17-20)29-26(30)24(28(2)21-12-7-5-8-13-21)25(27(29)31)32-23-14-9-6-10-15-23/h5-10,12-19H,3-4,11H2,1-2H3. The lowest BCUT2D eigenvalue weighted by atomic mass is 10.1. The highest BCUT2D eigenvalue weighted by Crippen LogP contribution is 2.39. The molecule has 4 nitrogen and oxygen atoms in total. The van der Waals surface area contributed by atoms with E-state index >= 15 is 0 Å². The summed E-state index contributed by atoms with van der Waals surface area (Å²) in [7, 11) is 1.83. The molecule has 5 heteroatoms. The van der Waals surface area contributed by atoms with Crippen molar-refractivity contribution in [3.05, 3.63) is 101 Å². The van der Waals surface area contributed by atoms with Crippen molar-refractivity contribution in [2.24, 2.45) is 0 Å². The highest BCUT2D eigenvalue weighted by molar-refractivity contribution is 8.04. The molecule has 0 unspecified atom stereocenters. The molecule has 1 heterocycles. The van der Waals surface area contributed by atoms with Gasteiger partial charge >= 0.3 is 0 Å². The van der Waals surface area contributed by atoms with E-state index in [4.69, 9.17) is 0 Å². The topological polar surface area (TPSA) is 40.6 Å². The van der Waals surface area contributed by atoms with Gasteiger partial charge in [0.15, 0.2) is 0 Å². The highest BCUT2D eigenvalue weighted by Gasteiger charge is 2.42. The number of aryl methyl sites for hydroxylation is 1. The van der Waals surface area contributed by atoms with Gasteiger partial charge in [0.25, 0.3) is 11.8 Å². The molecule has 0 radical (unpaired) electrons. The molecule has 0 saturated heterocycles. The van der Waals surface area contributed by atoms with E-state index < -0.39 is 0 Å². The lowest BCUT2D eigenvalue weighted by molar-refractivity contribution is -0.120. The molecule has 0 aliphatic carbocycles. The molecule has 1 aliphatic heterocycles. The molecule has 0 N–H and O–H groups in total. The molecule has 0 aromatic heterocycles. The largest absolute Gasteiger partial charge is 0.339 e. The summed E-state index contributed by atoms with van der Waals surface area (Å²) in [5.41, 5.74) is 3.06. The second-order valence-electron chi connectivity index (χ2n) is 7.70. The summed E-state index contributed by atoms with van der Waals surface area (Å²) in [6.45, 7) is 2.16. The van der Waals surface area contributed by atoms with Crippen LogP contribution >= 0.6 is 11.8 Å². The van der Waals surface area contributed by atoms with Crippen LogP contribution in [0.2, 0.25) is 0 Å². The first-order valence-electron chi connectivity index (χ1n) is 10.8. The number of unbranched alkanes of at least 4 members (excludes halogenated alkanes) is 1. The van der Waals surface area contributed by atoms with E-state index in [9.17, 15) is 9.59 Å². The third-order valence-corrected chi connectivity index (χ3v) is 6.55. The Morgan fingerprint density at radius 3 is 2.06 bits per heavy atom. The number of likely N-dealkylation sites (N-methyl/N-ethyl adjacent to an activating group) is 1. The number of hydrogen-bond donors (Lipinski definition) is 0. The zero-order valence-corrected chi connectivity index (χ0v) is 19.1. The van der Waals surface area contributed by atoms with Gasteiger partial charge in [0.05, 0.1) is 5.69 Å². The number of amides is 2. The fourth-order valence-corrected chi connectivity index (χ4v) is 4.73. The van der Waals surface area contributed by atoms with Gasteiger partial charge < -0.3 is 4.90 Å². The maximum absolute atomic E-state index is 13.6. The molecule has 32 heavy (non-hydrogen) atoms. The minimum absolute atomic E-state index is 0.289. The molecule has 0 saturated carbocycles. The number of anilines is 2. The monoisotopic (exact) mass is 442 g/mol. The summed E-state index contributed by atoms with van der Waals surface area (Å²) in [6, 6.07) is 27.1. The number of nitrogens with zero attached hydrogens (tertiary/aromatic N) is 2.